The Balaban J connectivity index is 0.00000147. The van der Waals surface area contributed by atoms with Gasteiger partial charge in [0.1, 0.15) is 0 Å². The van der Waals surface area contributed by atoms with E-state index in [9.17, 15) is 5.11 Å². The molecule has 1 unspecified atom stereocenters. The van der Waals surface area contributed by atoms with Gasteiger partial charge in [-0.2, -0.15) is 0 Å². The quantitative estimate of drug-likeness (QED) is 0.844. The van der Waals surface area contributed by atoms with Crippen molar-refractivity contribution in [3.05, 3.63) is 33.3 Å². The molecule has 0 amide bonds. The summed E-state index contributed by atoms with van der Waals surface area (Å²) >= 11 is 12.3. The Morgan fingerprint density at radius 1 is 1.15 bits per heavy atom. The SMILES string of the molecule is CN(C)[C@H]1CC[C@@H]2c3cc(Cl)c(Cl)cc3C[C@H]1C2O.Cl. The van der Waals surface area contributed by atoms with Gasteiger partial charge in [0, 0.05) is 17.9 Å². The molecule has 2 aliphatic carbocycles. The molecule has 2 nitrogen and oxygen atoms in total. The van der Waals surface area contributed by atoms with Crippen LogP contribution in [0.4, 0.5) is 0 Å². The molecular weight excluding hydrogens is 317 g/mol. The fourth-order valence-corrected chi connectivity index (χ4v) is 4.24. The van der Waals surface area contributed by atoms with E-state index >= 15 is 0 Å². The number of halogens is 3. The van der Waals surface area contributed by atoms with Crippen LogP contribution < -0.4 is 0 Å². The van der Waals surface area contributed by atoms with Crippen LogP contribution in [0.3, 0.4) is 0 Å². The molecule has 1 fully saturated rings. The lowest BCUT2D eigenvalue weighted by molar-refractivity contribution is -0.00781. The third-order valence-electron chi connectivity index (χ3n) is 4.82. The average Bonchev–Trinajstić information content (AvgIpc) is 2.33. The second-order valence-electron chi connectivity index (χ2n) is 6.04. The molecule has 0 spiro atoms. The minimum Gasteiger partial charge on any atom is -0.392 e. The van der Waals surface area contributed by atoms with Crippen LogP contribution in [0.2, 0.25) is 10.0 Å². The predicted octanol–water partition coefficient (Wildman–Crippen LogP) is 3.76. The van der Waals surface area contributed by atoms with Gasteiger partial charge in [-0.25, -0.2) is 0 Å². The van der Waals surface area contributed by atoms with Crippen molar-refractivity contribution in [1.82, 2.24) is 4.90 Å². The van der Waals surface area contributed by atoms with Gasteiger partial charge in [0.2, 0.25) is 0 Å². The van der Waals surface area contributed by atoms with Gasteiger partial charge < -0.3 is 10.0 Å². The zero-order valence-electron chi connectivity index (χ0n) is 11.6. The van der Waals surface area contributed by atoms with Gasteiger partial charge in [-0.3, -0.25) is 0 Å². The molecule has 20 heavy (non-hydrogen) atoms. The first-order valence-electron chi connectivity index (χ1n) is 6.81. The predicted molar refractivity (Wildman–Crippen MR) is 86.4 cm³/mol. The summed E-state index contributed by atoms with van der Waals surface area (Å²) in [7, 11) is 4.20. The van der Waals surface area contributed by atoms with E-state index in [0.717, 1.165) is 19.3 Å². The molecule has 2 bridgehead atoms. The average molecular weight is 337 g/mol. The number of nitrogens with zero attached hydrogens (tertiary/aromatic N) is 1. The molecule has 0 radical (unpaired) electrons. The van der Waals surface area contributed by atoms with Crippen molar-refractivity contribution in [3.63, 3.8) is 0 Å². The van der Waals surface area contributed by atoms with Crippen LogP contribution in [0.1, 0.15) is 29.9 Å². The second-order valence-corrected chi connectivity index (χ2v) is 6.85. The molecular formula is C15H20Cl3NO. The zero-order valence-corrected chi connectivity index (χ0v) is 14.0. The lowest BCUT2D eigenvalue weighted by Gasteiger charge is -2.47. The Labute approximate surface area is 136 Å². The van der Waals surface area contributed by atoms with Gasteiger partial charge >= 0.3 is 0 Å². The fourth-order valence-electron chi connectivity index (χ4n) is 3.88. The summed E-state index contributed by atoms with van der Waals surface area (Å²) in [4.78, 5) is 2.24. The summed E-state index contributed by atoms with van der Waals surface area (Å²) in [6.07, 6.45) is 2.79. The normalized spacial score (nSPS) is 31.7. The van der Waals surface area contributed by atoms with E-state index in [1.165, 1.54) is 11.1 Å². The van der Waals surface area contributed by atoms with Gasteiger partial charge in [-0.05, 0) is 56.6 Å². The van der Waals surface area contributed by atoms with Crippen LogP contribution in [-0.2, 0) is 6.42 Å². The van der Waals surface area contributed by atoms with E-state index in [0.29, 0.717) is 22.0 Å². The summed E-state index contributed by atoms with van der Waals surface area (Å²) in [6.45, 7) is 0. The Morgan fingerprint density at radius 3 is 2.45 bits per heavy atom. The van der Waals surface area contributed by atoms with Crippen molar-refractivity contribution < 1.29 is 5.11 Å². The zero-order chi connectivity index (χ0) is 13.7. The number of fused-ring (bicyclic) bond motifs is 4. The first-order valence-corrected chi connectivity index (χ1v) is 7.57. The summed E-state index contributed by atoms with van der Waals surface area (Å²) in [5, 5.41) is 11.8. The molecule has 0 aliphatic heterocycles. The summed E-state index contributed by atoms with van der Waals surface area (Å²) < 4.78 is 0. The molecule has 112 valence electrons. The number of hydrogen-bond donors (Lipinski definition) is 1. The van der Waals surface area contributed by atoms with Crippen LogP contribution in [0.5, 0.6) is 0 Å². The molecule has 4 atom stereocenters. The van der Waals surface area contributed by atoms with E-state index in [1.54, 1.807) is 0 Å². The van der Waals surface area contributed by atoms with E-state index < -0.39 is 0 Å². The van der Waals surface area contributed by atoms with Gasteiger partial charge in [-0.1, -0.05) is 23.2 Å². The molecule has 0 aromatic heterocycles. The van der Waals surface area contributed by atoms with E-state index in [2.05, 4.69) is 19.0 Å². The molecule has 1 aromatic rings. The molecule has 1 aromatic carbocycles. The maximum absolute atomic E-state index is 10.6. The molecule has 5 heteroatoms. The van der Waals surface area contributed by atoms with E-state index in [1.807, 2.05) is 12.1 Å². The van der Waals surface area contributed by atoms with Crippen molar-refractivity contribution in [3.8, 4) is 0 Å². The van der Waals surface area contributed by atoms with E-state index in [-0.39, 0.29) is 24.4 Å². The van der Waals surface area contributed by atoms with Gasteiger partial charge in [-0.15, -0.1) is 12.4 Å². The first kappa shape index (κ1) is 16.4. The van der Waals surface area contributed by atoms with E-state index in [4.69, 9.17) is 23.2 Å². The number of hydrogen-bond acceptors (Lipinski definition) is 2. The van der Waals surface area contributed by atoms with Crippen LogP contribution in [-0.4, -0.2) is 36.2 Å². The topological polar surface area (TPSA) is 23.5 Å². The maximum atomic E-state index is 10.6. The smallest absolute Gasteiger partial charge is 0.0655 e. The highest BCUT2D eigenvalue weighted by atomic mass is 35.5. The molecule has 2 aliphatic rings. The monoisotopic (exact) mass is 335 g/mol. The summed E-state index contributed by atoms with van der Waals surface area (Å²) in [5.74, 6) is 0.526. The van der Waals surface area contributed by atoms with Gasteiger partial charge in [0.15, 0.2) is 0 Å². The van der Waals surface area contributed by atoms with Crippen LogP contribution in [0, 0.1) is 5.92 Å². The number of aliphatic hydroxyl groups is 1. The fraction of sp³-hybridized carbons (Fsp3) is 0.600. The summed E-state index contributed by atoms with van der Waals surface area (Å²) in [5.41, 5.74) is 2.47. The minimum atomic E-state index is -0.258. The summed E-state index contributed by atoms with van der Waals surface area (Å²) in [6, 6.07) is 4.40. The highest BCUT2D eigenvalue weighted by molar-refractivity contribution is 6.42. The van der Waals surface area contributed by atoms with Gasteiger partial charge in [0.25, 0.3) is 0 Å². The lowest BCUT2D eigenvalue weighted by Crippen LogP contribution is -2.50. The third-order valence-corrected chi connectivity index (χ3v) is 5.54. The van der Waals surface area contributed by atoms with Crippen molar-refractivity contribution in [1.29, 1.82) is 0 Å². The maximum Gasteiger partial charge on any atom is 0.0655 e. The lowest BCUT2D eigenvalue weighted by atomic mass is 9.65. The number of rotatable bonds is 1. The molecule has 3 rings (SSSR count). The standard InChI is InChI=1S/C15H19Cl2NO.ClH/c1-18(2)14-4-3-9-10-7-13(17)12(16)6-8(10)5-11(14)15(9)19;/h6-7,9,11,14-15,19H,3-5H2,1-2H3;1H/t9-,11-,14+,15?;/m1./s1. The molecule has 0 heterocycles. The first-order chi connectivity index (χ1) is 8.99. The molecule has 1 saturated carbocycles. The Morgan fingerprint density at radius 2 is 1.80 bits per heavy atom. The van der Waals surface area contributed by atoms with Gasteiger partial charge in [0.05, 0.1) is 16.1 Å². The molecule has 0 saturated heterocycles. The van der Waals surface area contributed by atoms with Crippen molar-refractivity contribution in [2.24, 2.45) is 5.92 Å². The van der Waals surface area contributed by atoms with Crippen LogP contribution in [0.25, 0.3) is 0 Å². The largest absolute Gasteiger partial charge is 0.392 e. The van der Waals surface area contributed by atoms with Crippen molar-refractivity contribution in [2.75, 3.05) is 14.1 Å². The van der Waals surface area contributed by atoms with Crippen LogP contribution in [0.15, 0.2) is 12.1 Å². The van der Waals surface area contributed by atoms with Crippen LogP contribution >= 0.6 is 35.6 Å². The Bertz CT molecular complexity index is 506. The second kappa shape index (κ2) is 6.02. The Hall–Kier alpha value is 0.01000. The highest BCUT2D eigenvalue weighted by Crippen LogP contribution is 2.46. The Kier molecular flexibility index (Phi) is 4.93. The molecule has 1 N–H and O–H groups in total. The number of aliphatic hydroxyl groups excluding tert-OH is 1. The third kappa shape index (κ3) is 2.57. The highest BCUT2D eigenvalue weighted by Gasteiger charge is 2.44. The number of benzene rings is 1. The minimum absolute atomic E-state index is 0. The van der Waals surface area contributed by atoms with Crippen molar-refractivity contribution >= 4 is 35.6 Å². The van der Waals surface area contributed by atoms with Crippen molar-refractivity contribution in [2.45, 2.75) is 37.3 Å².